The zero-order chi connectivity index (χ0) is 28.5. The maximum atomic E-state index is 12.3. The minimum atomic E-state index is -0.960. The summed E-state index contributed by atoms with van der Waals surface area (Å²) in [5.74, 6) is 6.65. The molecule has 1 spiro atoms. The summed E-state index contributed by atoms with van der Waals surface area (Å²) in [5.41, 5.74) is 3.21. The lowest BCUT2D eigenvalue weighted by atomic mass is 9.49. The largest absolute Gasteiger partial charge is 0.385 e. The van der Waals surface area contributed by atoms with Crippen molar-refractivity contribution in [2.75, 3.05) is 25.2 Å². The summed E-state index contributed by atoms with van der Waals surface area (Å²) in [7, 11) is 2.26. The topological polar surface area (TPSA) is 62.2 Å². The van der Waals surface area contributed by atoms with Crippen LogP contribution in [0.25, 0.3) is 0 Å². The number of benzene rings is 1. The zero-order valence-corrected chi connectivity index (χ0v) is 25.4. The number of ether oxygens (including phenoxy) is 2. The van der Waals surface area contributed by atoms with Crippen molar-refractivity contribution in [3.8, 4) is 11.8 Å². The minimum Gasteiger partial charge on any atom is -0.385 e. The molecule has 0 radical (unpaired) electrons. The van der Waals surface area contributed by atoms with Crippen molar-refractivity contribution in [1.29, 1.82) is 0 Å². The molecular formula is C36H49NO4. The van der Waals surface area contributed by atoms with E-state index >= 15 is 0 Å². The molecule has 5 nitrogen and oxygen atoms in total. The molecule has 4 saturated carbocycles. The van der Waals surface area contributed by atoms with Gasteiger partial charge in [-0.05, 0) is 93.4 Å². The van der Waals surface area contributed by atoms with Crippen LogP contribution in [0.4, 0.5) is 5.69 Å². The van der Waals surface area contributed by atoms with Gasteiger partial charge in [0, 0.05) is 43.0 Å². The lowest BCUT2D eigenvalue weighted by molar-refractivity contribution is -0.208. The van der Waals surface area contributed by atoms with Crippen LogP contribution in [0.1, 0.15) is 109 Å². The van der Waals surface area contributed by atoms with E-state index in [0.29, 0.717) is 37.5 Å². The summed E-state index contributed by atoms with van der Waals surface area (Å²) >= 11 is 0. The van der Waals surface area contributed by atoms with Gasteiger partial charge < -0.3 is 24.6 Å². The minimum absolute atomic E-state index is 0.167. The summed E-state index contributed by atoms with van der Waals surface area (Å²) in [6, 6.07) is 9.94. The number of nitrogens with zero attached hydrogens (tertiary/aromatic N) is 1. The van der Waals surface area contributed by atoms with E-state index in [1.54, 1.807) is 0 Å². The van der Waals surface area contributed by atoms with Crippen LogP contribution in [0.15, 0.2) is 35.4 Å². The normalized spacial score (nSPS) is 40.0. The zero-order valence-electron chi connectivity index (χ0n) is 25.4. The highest BCUT2D eigenvalue weighted by Crippen LogP contribution is 2.67. The van der Waals surface area contributed by atoms with E-state index in [-0.39, 0.29) is 11.3 Å². The molecule has 6 atom stereocenters. The Kier molecular flexibility index (Phi) is 6.90. The van der Waals surface area contributed by atoms with Crippen LogP contribution in [0.2, 0.25) is 0 Å². The van der Waals surface area contributed by atoms with Crippen molar-refractivity contribution in [3.05, 3.63) is 41.0 Å². The van der Waals surface area contributed by atoms with Crippen LogP contribution in [0.3, 0.4) is 0 Å². The van der Waals surface area contributed by atoms with E-state index in [4.69, 9.17) is 9.47 Å². The number of aliphatic hydroxyl groups is 2. The number of rotatable bonds is 3. The molecule has 2 unspecified atom stereocenters. The molecule has 5 fully saturated rings. The molecule has 222 valence electrons. The number of hydrogen-bond donors (Lipinski definition) is 2. The second-order valence-electron chi connectivity index (χ2n) is 14.4. The summed E-state index contributed by atoms with van der Waals surface area (Å²) in [6.07, 6.45) is 13.0. The van der Waals surface area contributed by atoms with Crippen molar-refractivity contribution in [2.45, 2.75) is 126 Å². The van der Waals surface area contributed by atoms with Gasteiger partial charge >= 0.3 is 0 Å². The first-order chi connectivity index (χ1) is 19.7. The Hall–Kier alpha value is -1.84. The monoisotopic (exact) mass is 559 g/mol. The smallest absolute Gasteiger partial charge is 0.171 e. The SMILES string of the molecule is CC#C[C@]1(O)CCC2C3CC[C@@]4(O)CC5(CCC4=C3[C@@H](c3ccc(N(C)C4CCCCC4)cc3)C[C@@]21C)OCCO5. The highest BCUT2D eigenvalue weighted by molar-refractivity contribution is 5.51. The molecule has 0 aromatic heterocycles. The van der Waals surface area contributed by atoms with Gasteiger partial charge in [0.2, 0.25) is 0 Å². The highest BCUT2D eigenvalue weighted by Gasteiger charge is 2.64. The van der Waals surface area contributed by atoms with Crippen LogP contribution >= 0.6 is 0 Å². The predicted molar refractivity (Wildman–Crippen MR) is 161 cm³/mol. The molecule has 1 heterocycles. The maximum absolute atomic E-state index is 12.3. The fraction of sp³-hybridized carbons (Fsp3) is 0.722. The van der Waals surface area contributed by atoms with Crippen LogP contribution in [-0.4, -0.2) is 53.5 Å². The van der Waals surface area contributed by atoms with Gasteiger partial charge in [-0.25, -0.2) is 0 Å². The van der Waals surface area contributed by atoms with Crippen LogP contribution < -0.4 is 4.90 Å². The van der Waals surface area contributed by atoms with Crippen molar-refractivity contribution >= 4 is 5.69 Å². The van der Waals surface area contributed by atoms with Gasteiger partial charge in [0.25, 0.3) is 0 Å². The Labute approximate surface area is 246 Å². The predicted octanol–water partition coefficient (Wildman–Crippen LogP) is 6.48. The Balaban J connectivity index is 1.29. The van der Waals surface area contributed by atoms with E-state index < -0.39 is 17.0 Å². The lowest BCUT2D eigenvalue weighted by Gasteiger charge is -2.57. The molecule has 2 N–H and O–H groups in total. The molecule has 0 amide bonds. The molecule has 1 aliphatic heterocycles. The van der Waals surface area contributed by atoms with E-state index in [9.17, 15) is 10.2 Å². The van der Waals surface area contributed by atoms with Crippen molar-refractivity contribution in [2.24, 2.45) is 17.3 Å². The molecule has 41 heavy (non-hydrogen) atoms. The van der Waals surface area contributed by atoms with Gasteiger partial charge in [-0.2, -0.15) is 0 Å². The van der Waals surface area contributed by atoms with E-state index in [0.717, 1.165) is 44.9 Å². The Morgan fingerprint density at radius 2 is 1.66 bits per heavy atom. The molecule has 6 aliphatic rings. The van der Waals surface area contributed by atoms with Gasteiger partial charge in [-0.1, -0.05) is 49.8 Å². The molecule has 1 aromatic carbocycles. The quantitative estimate of drug-likeness (QED) is 0.328. The Morgan fingerprint density at radius 3 is 2.37 bits per heavy atom. The average molecular weight is 560 g/mol. The van der Waals surface area contributed by atoms with Gasteiger partial charge in [-0.3, -0.25) is 0 Å². The standard InChI is InChI=1S/C36H49NO4/c1-4-17-35(39)19-15-30-28-14-18-34(38)24-36(40-21-22-41-36)20-16-31(34)32(28)29(23-33(30,35)2)25-10-12-27(13-11-25)37(3)26-8-6-5-7-9-26/h10-13,26,28-30,38-39H,5-9,14-16,18-24H2,1-3H3/t28?,29-,30?,33+,34-,35+/m1/s1. The van der Waals surface area contributed by atoms with Gasteiger partial charge in [0.15, 0.2) is 5.79 Å². The first-order valence-electron chi connectivity index (χ1n) is 16.4. The third-order valence-corrected chi connectivity index (χ3v) is 12.5. The number of allylic oxidation sites excluding steroid dienone is 1. The second kappa shape index (κ2) is 10.1. The average Bonchev–Trinajstić information content (AvgIpc) is 3.53. The maximum Gasteiger partial charge on any atom is 0.171 e. The Bertz CT molecular complexity index is 1250. The molecular weight excluding hydrogens is 510 g/mol. The third kappa shape index (κ3) is 4.35. The number of fused-ring (bicyclic) bond motifs is 4. The van der Waals surface area contributed by atoms with Gasteiger partial charge in [0.1, 0.15) is 5.60 Å². The summed E-state index contributed by atoms with van der Waals surface area (Å²) in [4.78, 5) is 2.49. The van der Waals surface area contributed by atoms with Crippen molar-refractivity contribution in [1.82, 2.24) is 0 Å². The van der Waals surface area contributed by atoms with Crippen molar-refractivity contribution in [3.63, 3.8) is 0 Å². The first-order valence-corrected chi connectivity index (χ1v) is 16.4. The molecule has 1 aromatic rings. The van der Waals surface area contributed by atoms with Crippen molar-refractivity contribution < 1.29 is 19.7 Å². The molecule has 1 saturated heterocycles. The molecule has 5 aliphatic carbocycles. The third-order valence-electron chi connectivity index (χ3n) is 12.5. The van der Waals surface area contributed by atoms with Gasteiger partial charge in [0.05, 0.1) is 18.8 Å². The van der Waals surface area contributed by atoms with E-state index in [1.807, 2.05) is 6.92 Å². The summed E-state index contributed by atoms with van der Waals surface area (Å²) < 4.78 is 12.2. The fourth-order valence-electron chi connectivity index (χ4n) is 10.3. The number of hydrogen-bond acceptors (Lipinski definition) is 5. The molecule has 0 bridgehead atoms. The fourth-order valence-corrected chi connectivity index (χ4v) is 10.3. The summed E-state index contributed by atoms with van der Waals surface area (Å²) in [6.45, 7) is 5.40. The molecule has 5 heteroatoms. The molecule has 7 rings (SSSR count). The van der Waals surface area contributed by atoms with Gasteiger partial charge in [-0.15, -0.1) is 5.92 Å². The van der Waals surface area contributed by atoms with Crippen LogP contribution in [0, 0.1) is 29.1 Å². The van der Waals surface area contributed by atoms with E-state index in [1.165, 1.54) is 54.5 Å². The Morgan fingerprint density at radius 1 is 0.927 bits per heavy atom. The lowest BCUT2D eigenvalue weighted by Crippen LogP contribution is -2.55. The van der Waals surface area contributed by atoms with E-state index in [2.05, 4.69) is 55.0 Å². The second-order valence-corrected chi connectivity index (χ2v) is 14.4. The number of anilines is 1. The van der Waals surface area contributed by atoms with Crippen LogP contribution in [0.5, 0.6) is 0 Å². The first kappa shape index (κ1) is 28.0. The summed E-state index contributed by atoms with van der Waals surface area (Å²) in [5, 5.41) is 24.3. The highest BCUT2D eigenvalue weighted by atomic mass is 16.7. The van der Waals surface area contributed by atoms with Crippen LogP contribution in [-0.2, 0) is 9.47 Å².